The Morgan fingerprint density at radius 3 is 2.76 bits per heavy atom. The molecule has 0 saturated carbocycles. The summed E-state index contributed by atoms with van der Waals surface area (Å²) in [5.41, 5.74) is 0.668. The molecule has 1 N–H and O–H groups in total. The van der Waals surface area contributed by atoms with Crippen LogP contribution in [-0.2, 0) is 4.79 Å². The van der Waals surface area contributed by atoms with Gasteiger partial charge >= 0.3 is 0 Å². The average molecular weight is 244 g/mol. The zero-order valence-electron chi connectivity index (χ0n) is 9.11. The van der Waals surface area contributed by atoms with Gasteiger partial charge < -0.3 is 5.11 Å². The molecule has 1 aromatic rings. The molecule has 17 heavy (non-hydrogen) atoms. The molecule has 0 radical (unpaired) electrons. The molecule has 0 aromatic heterocycles. The molecule has 0 amide bonds. The Morgan fingerprint density at radius 2 is 2.06 bits per heavy atom. The summed E-state index contributed by atoms with van der Waals surface area (Å²) in [7, 11) is 0. The molecule has 1 fully saturated rings. The highest BCUT2D eigenvalue weighted by Crippen LogP contribution is 2.58. The van der Waals surface area contributed by atoms with Gasteiger partial charge in [0.2, 0.25) is 0 Å². The maximum absolute atomic E-state index is 12.3. The number of hydrogen-bond acceptors (Lipinski definition) is 3. The van der Waals surface area contributed by atoms with Gasteiger partial charge in [-0.1, -0.05) is 54.6 Å². The second-order valence-corrected chi connectivity index (χ2v) is 5.67. The van der Waals surface area contributed by atoms with Gasteiger partial charge in [0.25, 0.3) is 0 Å². The van der Waals surface area contributed by atoms with Crippen LogP contribution in [0.2, 0.25) is 0 Å². The monoisotopic (exact) mass is 244 g/mol. The quantitative estimate of drug-likeness (QED) is 0.829. The van der Waals surface area contributed by atoms with E-state index in [0.717, 1.165) is 0 Å². The molecule has 3 rings (SSSR count). The number of allylic oxidation sites excluding steroid dienone is 2. The van der Waals surface area contributed by atoms with Crippen LogP contribution in [0.5, 0.6) is 0 Å². The maximum atomic E-state index is 12.3. The number of benzene rings is 1. The number of aliphatic hydroxyl groups excluding tert-OH is 1. The van der Waals surface area contributed by atoms with E-state index in [-0.39, 0.29) is 11.0 Å². The topological polar surface area (TPSA) is 37.3 Å². The molecular formula is C14H12O2S. The Morgan fingerprint density at radius 1 is 1.29 bits per heavy atom. The van der Waals surface area contributed by atoms with Gasteiger partial charge in [0.05, 0.1) is 0 Å². The molecule has 0 spiro atoms. The zero-order valence-corrected chi connectivity index (χ0v) is 9.93. The Labute approximate surface area is 104 Å². The molecule has 1 heterocycles. The maximum Gasteiger partial charge on any atom is 0.187 e. The van der Waals surface area contributed by atoms with Gasteiger partial charge in [0.15, 0.2) is 5.78 Å². The van der Waals surface area contributed by atoms with Crippen molar-refractivity contribution < 1.29 is 9.90 Å². The Bertz CT molecular complexity index is 506. The van der Waals surface area contributed by atoms with Gasteiger partial charge in [-0.25, -0.2) is 0 Å². The summed E-state index contributed by atoms with van der Waals surface area (Å²) >= 11 is 1.59. The van der Waals surface area contributed by atoms with Gasteiger partial charge in [0, 0.05) is 5.25 Å². The van der Waals surface area contributed by atoms with Crippen LogP contribution < -0.4 is 0 Å². The lowest BCUT2D eigenvalue weighted by atomic mass is 9.90. The third kappa shape index (κ3) is 1.66. The van der Waals surface area contributed by atoms with Crippen LogP contribution in [0.25, 0.3) is 0 Å². The SMILES string of the molecule is O=C(C(O)c1ccccc1)C12C=CC=CC1S2. The van der Waals surface area contributed by atoms with Crippen molar-refractivity contribution in [2.45, 2.75) is 16.1 Å². The lowest BCUT2D eigenvalue weighted by Gasteiger charge is -2.16. The second-order valence-electron chi connectivity index (χ2n) is 4.25. The van der Waals surface area contributed by atoms with E-state index in [2.05, 4.69) is 0 Å². The predicted octanol–water partition coefficient (Wildman–Crippen LogP) is 2.27. The fourth-order valence-corrected chi connectivity index (χ4v) is 3.32. The molecule has 3 unspecified atom stereocenters. The van der Waals surface area contributed by atoms with Crippen LogP contribution in [0.1, 0.15) is 11.7 Å². The number of Topliss-reactive ketones (excluding diaryl/α,β-unsaturated/α-hetero) is 1. The van der Waals surface area contributed by atoms with Crippen molar-refractivity contribution in [3.63, 3.8) is 0 Å². The molecule has 1 aromatic carbocycles. The molecule has 86 valence electrons. The standard InChI is InChI=1S/C14H12O2S/c15-12(10-6-2-1-3-7-10)13(16)14-9-5-4-8-11(14)17-14/h1-9,11-12,15H. The normalized spacial score (nSPS) is 30.8. The van der Waals surface area contributed by atoms with Gasteiger partial charge in [-0.15, -0.1) is 11.8 Å². The summed E-state index contributed by atoms with van der Waals surface area (Å²) < 4.78 is -0.510. The summed E-state index contributed by atoms with van der Waals surface area (Å²) in [6.07, 6.45) is 6.72. The smallest absolute Gasteiger partial charge is 0.187 e. The minimum Gasteiger partial charge on any atom is -0.380 e. The minimum atomic E-state index is -1.02. The molecule has 2 aliphatic rings. The predicted molar refractivity (Wildman–Crippen MR) is 68.8 cm³/mol. The molecule has 1 saturated heterocycles. The van der Waals surface area contributed by atoms with Crippen LogP contribution in [0.15, 0.2) is 54.6 Å². The van der Waals surface area contributed by atoms with Crippen LogP contribution in [-0.4, -0.2) is 20.9 Å². The molecule has 1 aliphatic carbocycles. The van der Waals surface area contributed by atoms with Gasteiger partial charge in [-0.3, -0.25) is 4.79 Å². The van der Waals surface area contributed by atoms with Crippen molar-refractivity contribution in [2.24, 2.45) is 0 Å². The lowest BCUT2D eigenvalue weighted by molar-refractivity contribution is -0.127. The van der Waals surface area contributed by atoms with E-state index >= 15 is 0 Å². The number of carbonyl (C=O) groups excluding carboxylic acids is 1. The van der Waals surface area contributed by atoms with E-state index in [1.807, 2.05) is 42.5 Å². The largest absolute Gasteiger partial charge is 0.380 e. The van der Waals surface area contributed by atoms with Crippen molar-refractivity contribution in [3.8, 4) is 0 Å². The van der Waals surface area contributed by atoms with Crippen LogP contribution in [0.4, 0.5) is 0 Å². The van der Waals surface area contributed by atoms with E-state index in [0.29, 0.717) is 5.56 Å². The molecule has 3 atom stereocenters. The van der Waals surface area contributed by atoms with E-state index < -0.39 is 10.9 Å². The molecule has 0 bridgehead atoms. The molecule has 1 aliphatic heterocycles. The highest BCUT2D eigenvalue weighted by molar-refractivity contribution is 8.10. The van der Waals surface area contributed by atoms with Crippen molar-refractivity contribution in [3.05, 3.63) is 60.2 Å². The molecule has 2 nitrogen and oxygen atoms in total. The Balaban J connectivity index is 1.85. The van der Waals surface area contributed by atoms with Gasteiger partial charge in [0.1, 0.15) is 10.9 Å². The first-order valence-corrected chi connectivity index (χ1v) is 6.43. The number of aliphatic hydroxyl groups is 1. The molecule has 3 heteroatoms. The van der Waals surface area contributed by atoms with Crippen molar-refractivity contribution in [2.75, 3.05) is 0 Å². The fourth-order valence-electron chi connectivity index (χ4n) is 2.14. The summed E-state index contributed by atoms with van der Waals surface area (Å²) in [5.74, 6) is -0.112. The minimum absolute atomic E-state index is 0.112. The highest BCUT2D eigenvalue weighted by atomic mass is 32.2. The van der Waals surface area contributed by atoms with Gasteiger partial charge in [-0.2, -0.15) is 0 Å². The second kappa shape index (κ2) is 3.86. The van der Waals surface area contributed by atoms with E-state index in [1.165, 1.54) is 0 Å². The fraction of sp³-hybridized carbons (Fsp3) is 0.214. The van der Waals surface area contributed by atoms with Crippen LogP contribution >= 0.6 is 11.8 Å². The van der Waals surface area contributed by atoms with Crippen molar-refractivity contribution >= 4 is 17.5 Å². The van der Waals surface area contributed by atoms with Gasteiger partial charge in [-0.05, 0) is 5.56 Å². The number of carbonyl (C=O) groups is 1. The number of ketones is 1. The summed E-state index contributed by atoms with van der Waals surface area (Å²) in [5, 5.41) is 10.3. The number of thioether (sulfide) groups is 1. The Hall–Kier alpha value is -1.32. The first-order valence-electron chi connectivity index (χ1n) is 5.55. The number of fused-ring (bicyclic) bond motifs is 1. The van der Waals surface area contributed by atoms with E-state index in [9.17, 15) is 9.90 Å². The number of rotatable bonds is 3. The Kier molecular flexibility index (Phi) is 2.45. The zero-order chi connectivity index (χ0) is 11.9. The summed E-state index contributed by atoms with van der Waals surface area (Å²) in [6.45, 7) is 0. The van der Waals surface area contributed by atoms with Crippen LogP contribution in [0.3, 0.4) is 0 Å². The third-order valence-electron chi connectivity index (χ3n) is 3.18. The van der Waals surface area contributed by atoms with Crippen molar-refractivity contribution in [1.82, 2.24) is 0 Å². The highest BCUT2D eigenvalue weighted by Gasteiger charge is 2.60. The number of hydrogen-bond donors (Lipinski definition) is 1. The first-order chi connectivity index (χ1) is 8.24. The lowest BCUT2D eigenvalue weighted by Crippen LogP contribution is -2.30. The van der Waals surface area contributed by atoms with Crippen molar-refractivity contribution in [1.29, 1.82) is 0 Å². The summed E-state index contributed by atoms with van der Waals surface area (Å²) in [4.78, 5) is 12.3. The van der Waals surface area contributed by atoms with E-state index in [1.54, 1.807) is 23.9 Å². The van der Waals surface area contributed by atoms with Crippen LogP contribution in [0, 0.1) is 0 Å². The molecular weight excluding hydrogens is 232 g/mol. The summed E-state index contributed by atoms with van der Waals surface area (Å²) in [6, 6.07) is 9.10. The average Bonchev–Trinajstić information content (AvgIpc) is 3.14. The first kappa shape index (κ1) is 10.8. The third-order valence-corrected chi connectivity index (χ3v) is 4.69. The van der Waals surface area contributed by atoms with E-state index in [4.69, 9.17) is 0 Å².